The molecule has 76 valence electrons. The molecule has 0 aromatic heterocycles. The monoisotopic (exact) mass is 304 g/mol. The van der Waals surface area contributed by atoms with Crippen LogP contribution in [0, 0.1) is 9.48 Å². The van der Waals surface area contributed by atoms with Crippen LogP contribution in [-0.4, -0.2) is 26.5 Å². The zero-order valence-electron chi connectivity index (χ0n) is 10.1. The molecule has 0 spiro atoms. The van der Waals surface area contributed by atoms with E-state index in [2.05, 4.69) is 49.9 Å². The van der Waals surface area contributed by atoms with E-state index in [9.17, 15) is 0 Å². The van der Waals surface area contributed by atoms with Crippen LogP contribution in [0.2, 0.25) is 33.0 Å². The van der Waals surface area contributed by atoms with Crippen molar-refractivity contribution >= 4 is 26.5 Å². The Bertz CT molecular complexity index is 192. The van der Waals surface area contributed by atoms with E-state index in [-0.39, 0.29) is 0 Å². The molecule has 0 fully saturated rings. The number of rotatable bonds is 3. The third-order valence-corrected chi connectivity index (χ3v) is 17.8. The maximum atomic E-state index is 3.74. The van der Waals surface area contributed by atoms with Gasteiger partial charge in [-0.25, -0.2) is 0 Å². The zero-order valence-corrected chi connectivity index (χ0v) is 14.0. The van der Waals surface area contributed by atoms with E-state index in [0.717, 1.165) is 0 Å². The van der Waals surface area contributed by atoms with Crippen molar-refractivity contribution in [2.75, 3.05) is 0 Å². The second-order valence-electron chi connectivity index (χ2n) is 4.84. The molecule has 0 saturated heterocycles. The Morgan fingerprint density at radius 3 is 1.54 bits per heavy atom. The summed E-state index contributed by atoms with van der Waals surface area (Å²) in [4.78, 5) is 0. The maximum absolute atomic E-state index is 3.74. The van der Waals surface area contributed by atoms with Gasteiger partial charge in [-0.1, -0.05) is 0 Å². The summed E-state index contributed by atoms with van der Waals surface area (Å²) in [5, 5.41) is 0. The van der Waals surface area contributed by atoms with Crippen molar-refractivity contribution in [1.29, 1.82) is 0 Å². The molecule has 0 saturated carbocycles. The van der Waals surface area contributed by atoms with Gasteiger partial charge in [0.15, 0.2) is 0 Å². The van der Waals surface area contributed by atoms with Crippen LogP contribution in [-0.2, 0) is 0 Å². The van der Waals surface area contributed by atoms with Crippen LogP contribution < -0.4 is 0 Å². The molecule has 0 aliphatic heterocycles. The molecule has 0 aliphatic carbocycles. The van der Waals surface area contributed by atoms with Crippen LogP contribution >= 0.6 is 0 Å². The van der Waals surface area contributed by atoms with Crippen LogP contribution in [0.3, 0.4) is 0 Å². The SMILES string of the molecule is C[CH2][Sn]([C]#C[Si](C)(C)C)([CH2]C)[CH2]C. The Balaban J connectivity index is 4.66. The summed E-state index contributed by atoms with van der Waals surface area (Å²) in [6.45, 7) is 14.1. The van der Waals surface area contributed by atoms with Gasteiger partial charge in [0.05, 0.1) is 0 Å². The van der Waals surface area contributed by atoms with Crippen LogP contribution in [0.1, 0.15) is 20.8 Å². The van der Waals surface area contributed by atoms with Crippen molar-refractivity contribution in [3.63, 3.8) is 0 Å². The van der Waals surface area contributed by atoms with Gasteiger partial charge >= 0.3 is 89.7 Å². The van der Waals surface area contributed by atoms with Crippen LogP contribution in [0.5, 0.6) is 0 Å². The van der Waals surface area contributed by atoms with E-state index < -0.39 is 26.5 Å². The van der Waals surface area contributed by atoms with Gasteiger partial charge in [0.2, 0.25) is 0 Å². The first-order valence-electron chi connectivity index (χ1n) is 5.43. The third-order valence-electron chi connectivity index (χ3n) is 2.73. The molecule has 0 rings (SSSR count). The Hall–Kier alpha value is 0.576. The predicted molar refractivity (Wildman–Crippen MR) is 68.3 cm³/mol. The first kappa shape index (κ1) is 13.6. The second kappa shape index (κ2) is 5.45. The number of hydrogen-bond acceptors (Lipinski definition) is 0. The quantitative estimate of drug-likeness (QED) is 0.548. The standard InChI is InChI=1S/C5H9Si.3C2H5.Sn/c1-5-6(2,3)4;3*1-2;/h2-4H3;3*1H2,2H3;. The van der Waals surface area contributed by atoms with Crippen LogP contribution in [0.15, 0.2) is 0 Å². The molecule has 2 heteroatoms. The number of hydrogen-bond donors (Lipinski definition) is 0. The molecule has 0 atom stereocenters. The normalized spacial score (nSPS) is 12.2. The molecule has 0 bridgehead atoms. The molecule has 0 amide bonds. The Labute approximate surface area is 89.4 Å². The van der Waals surface area contributed by atoms with E-state index in [4.69, 9.17) is 0 Å². The Morgan fingerprint density at radius 2 is 1.31 bits per heavy atom. The van der Waals surface area contributed by atoms with Gasteiger partial charge in [-0.05, 0) is 0 Å². The Morgan fingerprint density at radius 1 is 0.923 bits per heavy atom. The van der Waals surface area contributed by atoms with Crippen LogP contribution in [0.4, 0.5) is 0 Å². The van der Waals surface area contributed by atoms with E-state index >= 15 is 0 Å². The molecular weight excluding hydrogens is 279 g/mol. The van der Waals surface area contributed by atoms with Gasteiger partial charge < -0.3 is 0 Å². The topological polar surface area (TPSA) is 0 Å². The molecule has 0 aliphatic rings. The molecule has 0 aromatic rings. The van der Waals surface area contributed by atoms with E-state index in [1.54, 1.807) is 0 Å². The molecule has 0 N–H and O–H groups in total. The summed E-state index contributed by atoms with van der Waals surface area (Å²) in [5.41, 5.74) is 3.60. The summed E-state index contributed by atoms with van der Waals surface area (Å²) in [5.74, 6) is 0. The summed E-state index contributed by atoms with van der Waals surface area (Å²) in [6.07, 6.45) is 0. The Kier molecular flexibility index (Phi) is 5.70. The molecule has 13 heavy (non-hydrogen) atoms. The van der Waals surface area contributed by atoms with Crippen molar-refractivity contribution in [2.45, 2.75) is 53.7 Å². The molecule has 0 nitrogen and oxygen atoms in total. The van der Waals surface area contributed by atoms with E-state index in [1.807, 2.05) is 0 Å². The zero-order chi connectivity index (χ0) is 10.5. The molecule has 0 radical (unpaired) electrons. The summed E-state index contributed by atoms with van der Waals surface area (Å²) < 4.78 is 7.95. The summed E-state index contributed by atoms with van der Waals surface area (Å²) >= 11 is -1.90. The van der Waals surface area contributed by atoms with Gasteiger partial charge in [-0.2, -0.15) is 0 Å². The molecule has 0 unspecified atom stereocenters. The fourth-order valence-electron chi connectivity index (χ4n) is 1.34. The fraction of sp³-hybridized carbons (Fsp3) is 0.818. The second-order valence-corrected chi connectivity index (χ2v) is 23.7. The summed E-state index contributed by atoms with van der Waals surface area (Å²) in [6, 6.07) is 0. The van der Waals surface area contributed by atoms with Gasteiger partial charge in [0.25, 0.3) is 0 Å². The van der Waals surface area contributed by atoms with Crippen molar-refractivity contribution in [3.8, 4) is 9.48 Å². The van der Waals surface area contributed by atoms with E-state index in [0.29, 0.717) is 0 Å². The minimum absolute atomic E-state index is 1.12. The first-order valence-corrected chi connectivity index (χ1v) is 16.4. The molecular formula is C11H24SiSn. The minimum atomic E-state index is -1.90. The van der Waals surface area contributed by atoms with Crippen LogP contribution in [0.25, 0.3) is 0 Å². The first-order chi connectivity index (χ1) is 5.89. The summed E-state index contributed by atoms with van der Waals surface area (Å²) in [7, 11) is -1.12. The third kappa shape index (κ3) is 5.12. The molecule has 0 aromatic carbocycles. The van der Waals surface area contributed by atoms with Gasteiger partial charge in [0.1, 0.15) is 0 Å². The van der Waals surface area contributed by atoms with Gasteiger partial charge in [-0.3, -0.25) is 0 Å². The average molecular weight is 303 g/mol. The fourth-order valence-corrected chi connectivity index (χ4v) is 13.3. The van der Waals surface area contributed by atoms with Crippen molar-refractivity contribution < 1.29 is 0 Å². The molecule has 0 heterocycles. The van der Waals surface area contributed by atoms with Crippen molar-refractivity contribution in [1.82, 2.24) is 0 Å². The van der Waals surface area contributed by atoms with Gasteiger partial charge in [-0.15, -0.1) is 0 Å². The van der Waals surface area contributed by atoms with Crippen molar-refractivity contribution in [3.05, 3.63) is 0 Å². The van der Waals surface area contributed by atoms with Gasteiger partial charge in [0, 0.05) is 0 Å². The van der Waals surface area contributed by atoms with Crippen molar-refractivity contribution in [2.24, 2.45) is 0 Å². The average Bonchev–Trinajstić information content (AvgIpc) is 2.06. The predicted octanol–water partition coefficient (Wildman–Crippen LogP) is 3.91. The van der Waals surface area contributed by atoms with E-state index in [1.165, 1.54) is 13.3 Å².